The molecule has 0 bridgehead atoms. The summed E-state index contributed by atoms with van der Waals surface area (Å²) in [6, 6.07) is 23.6. The Morgan fingerprint density at radius 3 is 2.51 bits per heavy atom. The van der Waals surface area contributed by atoms with Crippen LogP contribution in [0.4, 0.5) is 11.4 Å². The van der Waals surface area contributed by atoms with E-state index in [9.17, 15) is 4.79 Å². The van der Waals surface area contributed by atoms with Gasteiger partial charge in [0.25, 0.3) is 0 Å². The molecular weight excluding hydrogens is 458 g/mol. The Morgan fingerprint density at radius 2 is 1.77 bits per heavy atom. The highest BCUT2D eigenvalue weighted by molar-refractivity contribution is 7.99. The minimum atomic E-state index is -0.00919. The van der Waals surface area contributed by atoms with Gasteiger partial charge in [-0.05, 0) is 49.7 Å². The fourth-order valence-corrected chi connectivity index (χ4v) is 4.67. The van der Waals surface area contributed by atoms with Crippen LogP contribution in [0.5, 0.6) is 5.75 Å². The predicted octanol–water partition coefficient (Wildman–Crippen LogP) is 5.26. The molecule has 4 rings (SSSR count). The highest BCUT2D eigenvalue weighted by atomic mass is 32.2. The molecule has 0 saturated heterocycles. The molecule has 1 aromatic heterocycles. The van der Waals surface area contributed by atoms with Crippen LogP contribution in [0.3, 0.4) is 0 Å². The topological polar surface area (TPSA) is 72.3 Å². The van der Waals surface area contributed by atoms with E-state index in [1.807, 2.05) is 59.2 Å². The zero-order valence-electron chi connectivity index (χ0n) is 20.4. The van der Waals surface area contributed by atoms with E-state index in [2.05, 4.69) is 47.6 Å². The molecule has 1 amide bonds. The zero-order chi connectivity index (χ0) is 24.8. The minimum Gasteiger partial charge on any atom is -0.495 e. The highest BCUT2D eigenvalue weighted by Crippen LogP contribution is 2.28. The van der Waals surface area contributed by atoms with Crippen LogP contribution in [0.25, 0.3) is 5.69 Å². The number of aryl methyl sites for hydroxylation is 2. The van der Waals surface area contributed by atoms with Gasteiger partial charge in [0.1, 0.15) is 5.75 Å². The summed E-state index contributed by atoms with van der Waals surface area (Å²) in [5.41, 5.74) is 5.01. The molecule has 0 unspecified atom stereocenters. The van der Waals surface area contributed by atoms with Gasteiger partial charge in [-0.3, -0.25) is 9.36 Å². The molecule has 0 radical (unpaired) electrons. The third-order valence-corrected chi connectivity index (χ3v) is 6.59. The van der Waals surface area contributed by atoms with Crippen LogP contribution < -0.4 is 15.0 Å². The quantitative estimate of drug-likeness (QED) is 0.325. The number of nitrogens with zero attached hydrogens (tertiary/aromatic N) is 4. The van der Waals surface area contributed by atoms with Crippen molar-refractivity contribution in [3.63, 3.8) is 0 Å². The summed E-state index contributed by atoms with van der Waals surface area (Å²) < 4.78 is 7.48. The summed E-state index contributed by atoms with van der Waals surface area (Å²) in [5.74, 6) is 1.74. The Bertz CT molecular complexity index is 1310. The third kappa shape index (κ3) is 5.66. The summed E-state index contributed by atoms with van der Waals surface area (Å²) >= 11 is 1.38. The first-order chi connectivity index (χ1) is 17.0. The van der Waals surface area contributed by atoms with Crippen molar-refractivity contribution in [1.29, 1.82) is 0 Å². The van der Waals surface area contributed by atoms with Crippen LogP contribution >= 0.6 is 11.8 Å². The van der Waals surface area contributed by atoms with E-state index in [-0.39, 0.29) is 11.7 Å². The second kappa shape index (κ2) is 11.1. The number of amides is 1. The standard InChI is InChI=1S/C27H29N5O2S/c1-19-14-15-23(20(2)16-19)32-25(17-28-22-12-8-9-13-24(22)34-4)29-30-27(32)35-18-26(33)31(3)21-10-6-5-7-11-21/h5-16,28H,17-18H2,1-4H3. The molecular formula is C27H29N5O2S. The van der Waals surface area contributed by atoms with E-state index < -0.39 is 0 Å². The largest absolute Gasteiger partial charge is 0.495 e. The lowest BCUT2D eigenvalue weighted by molar-refractivity contribution is -0.115. The molecule has 0 atom stereocenters. The summed E-state index contributed by atoms with van der Waals surface area (Å²) in [7, 11) is 3.44. The first kappa shape index (κ1) is 24.3. The van der Waals surface area contributed by atoms with Crippen molar-refractivity contribution < 1.29 is 9.53 Å². The van der Waals surface area contributed by atoms with E-state index in [1.165, 1.54) is 17.3 Å². The SMILES string of the molecule is COc1ccccc1NCc1nnc(SCC(=O)N(C)c2ccccc2)n1-c1ccc(C)cc1C. The lowest BCUT2D eigenvalue weighted by Crippen LogP contribution is -2.28. The van der Waals surface area contributed by atoms with Gasteiger partial charge in [0.15, 0.2) is 11.0 Å². The lowest BCUT2D eigenvalue weighted by atomic mass is 10.1. The summed E-state index contributed by atoms with van der Waals surface area (Å²) in [5, 5.41) is 13.0. The van der Waals surface area contributed by atoms with Crippen LogP contribution in [0.2, 0.25) is 0 Å². The van der Waals surface area contributed by atoms with Gasteiger partial charge in [-0.15, -0.1) is 10.2 Å². The van der Waals surface area contributed by atoms with Gasteiger partial charge >= 0.3 is 0 Å². The van der Waals surface area contributed by atoms with E-state index in [0.29, 0.717) is 11.7 Å². The Balaban J connectivity index is 1.59. The van der Waals surface area contributed by atoms with Crippen molar-refractivity contribution >= 4 is 29.0 Å². The smallest absolute Gasteiger partial charge is 0.237 e. The second-order valence-corrected chi connectivity index (χ2v) is 9.10. The molecule has 3 aromatic carbocycles. The van der Waals surface area contributed by atoms with Crippen LogP contribution in [0, 0.1) is 13.8 Å². The number of methoxy groups -OCH3 is 1. The fourth-order valence-electron chi connectivity index (χ4n) is 3.79. The van der Waals surface area contributed by atoms with Crippen molar-refractivity contribution in [3.8, 4) is 11.4 Å². The van der Waals surface area contributed by atoms with Crippen LogP contribution in [0.15, 0.2) is 78.0 Å². The minimum absolute atomic E-state index is 0.00919. The molecule has 0 aliphatic carbocycles. The normalized spacial score (nSPS) is 10.7. The number of carbonyl (C=O) groups is 1. The zero-order valence-corrected chi connectivity index (χ0v) is 21.2. The molecule has 4 aromatic rings. The number of thioether (sulfide) groups is 1. The van der Waals surface area contributed by atoms with E-state index in [0.717, 1.165) is 34.2 Å². The molecule has 8 heteroatoms. The molecule has 1 heterocycles. The maximum Gasteiger partial charge on any atom is 0.237 e. The van der Waals surface area contributed by atoms with E-state index >= 15 is 0 Å². The van der Waals surface area contributed by atoms with Crippen molar-refractivity contribution in [3.05, 3.63) is 89.7 Å². The van der Waals surface area contributed by atoms with Gasteiger partial charge in [-0.2, -0.15) is 0 Å². The number of hydrogen-bond acceptors (Lipinski definition) is 6. The first-order valence-electron chi connectivity index (χ1n) is 11.3. The molecule has 180 valence electrons. The monoisotopic (exact) mass is 487 g/mol. The van der Waals surface area contributed by atoms with Gasteiger partial charge in [0, 0.05) is 12.7 Å². The number of nitrogens with one attached hydrogen (secondary N) is 1. The summed E-state index contributed by atoms with van der Waals surface area (Å²) in [6.07, 6.45) is 0. The molecule has 7 nitrogen and oxygen atoms in total. The predicted molar refractivity (Wildman–Crippen MR) is 142 cm³/mol. The number of ether oxygens (including phenoxy) is 1. The Hall–Kier alpha value is -3.78. The first-order valence-corrected chi connectivity index (χ1v) is 12.3. The fraction of sp³-hybridized carbons (Fsp3) is 0.222. The van der Waals surface area contributed by atoms with Gasteiger partial charge < -0.3 is 15.0 Å². The third-order valence-electron chi connectivity index (χ3n) is 5.68. The highest BCUT2D eigenvalue weighted by Gasteiger charge is 2.19. The molecule has 0 aliphatic rings. The number of carbonyl (C=O) groups excluding carboxylic acids is 1. The van der Waals surface area contributed by atoms with Crippen LogP contribution in [-0.4, -0.2) is 40.6 Å². The maximum absolute atomic E-state index is 12.9. The Morgan fingerprint density at radius 1 is 1.03 bits per heavy atom. The lowest BCUT2D eigenvalue weighted by Gasteiger charge is -2.18. The maximum atomic E-state index is 12.9. The average molecular weight is 488 g/mol. The van der Waals surface area contributed by atoms with Gasteiger partial charge in [-0.25, -0.2) is 0 Å². The number of anilines is 2. The van der Waals surface area contributed by atoms with Crippen LogP contribution in [0.1, 0.15) is 17.0 Å². The second-order valence-electron chi connectivity index (χ2n) is 8.15. The van der Waals surface area contributed by atoms with Gasteiger partial charge in [-0.1, -0.05) is 59.8 Å². The van der Waals surface area contributed by atoms with E-state index in [1.54, 1.807) is 19.1 Å². The van der Waals surface area contributed by atoms with Crippen LogP contribution in [-0.2, 0) is 11.3 Å². The molecule has 0 aliphatic heterocycles. The number of para-hydroxylation sites is 3. The van der Waals surface area contributed by atoms with Gasteiger partial charge in [0.2, 0.25) is 5.91 Å². The molecule has 0 saturated carbocycles. The number of benzene rings is 3. The molecule has 0 fully saturated rings. The number of rotatable bonds is 9. The summed E-state index contributed by atoms with van der Waals surface area (Å²) in [4.78, 5) is 14.5. The molecule has 0 spiro atoms. The Labute approximate surface area is 210 Å². The number of hydrogen-bond donors (Lipinski definition) is 1. The molecule has 1 N–H and O–H groups in total. The van der Waals surface area contributed by atoms with Crippen molar-refractivity contribution in [2.45, 2.75) is 25.5 Å². The average Bonchev–Trinajstić information content (AvgIpc) is 3.28. The van der Waals surface area contributed by atoms with Crippen molar-refractivity contribution in [1.82, 2.24) is 14.8 Å². The number of aromatic nitrogens is 3. The molecule has 35 heavy (non-hydrogen) atoms. The van der Waals surface area contributed by atoms with Gasteiger partial charge in [0.05, 0.1) is 30.8 Å². The van der Waals surface area contributed by atoms with E-state index in [4.69, 9.17) is 4.74 Å². The Kier molecular flexibility index (Phi) is 7.72. The summed E-state index contributed by atoms with van der Waals surface area (Å²) in [6.45, 7) is 4.59. The van der Waals surface area contributed by atoms with Crippen molar-refractivity contribution in [2.24, 2.45) is 0 Å². The van der Waals surface area contributed by atoms with Crippen molar-refractivity contribution in [2.75, 3.05) is 30.1 Å².